The van der Waals surface area contributed by atoms with Gasteiger partial charge in [-0.3, -0.25) is 4.79 Å². The van der Waals surface area contributed by atoms with Gasteiger partial charge >= 0.3 is 0 Å². The van der Waals surface area contributed by atoms with Crippen LogP contribution in [-0.4, -0.2) is 30.6 Å². The Labute approximate surface area is 106 Å². The first kappa shape index (κ1) is 16.6. The van der Waals surface area contributed by atoms with Crippen molar-refractivity contribution in [3.8, 4) is 0 Å². The standard InChI is InChI=1S/C14H29NO2/c1-11(15-14(5,6)7)10-17-9-8-12(16)13(2,3)4/h11,15H,8-10H2,1-7H3. The zero-order valence-corrected chi connectivity index (χ0v) is 12.5. The Morgan fingerprint density at radius 2 is 1.71 bits per heavy atom. The number of carbonyl (C=O) groups is 1. The van der Waals surface area contributed by atoms with Crippen LogP contribution in [0.4, 0.5) is 0 Å². The molecule has 3 nitrogen and oxygen atoms in total. The molecule has 1 atom stereocenters. The summed E-state index contributed by atoms with van der Waals surface area (Å²) in [5.41, 5.74) is -0.150. The molecule has 1 N–H and O–H groups in total. The minimum atomic E-state index is -0.251. The quantitative estimate of drug-likeness (QED) is 0.729. The Hall–Kier alpha value is -0.410. The van der Waals surface area contributed by atoms with Crippen molar-refractivity contribution in [2.75, 3.05) is 13.2 Å². The third kappa shape index (κ3) is 9.31. The largest absolute Gasteiger partial charge is 0.379 e. The molecule has 0 heterocycles. The van der Waals surface area contributed by atoms with Gasteiger partial charge in [0.2, 0.25) is 0 Å². The van der Waals surface area contributed by atoms with Gasteiger partial charge in [-0.1, -0.05) is 20.8 Å². The fourth-order valence-electron chi connectivity index (χ4n) is 1.58. The highest BCUT2D eigenvalue weighted by atomic mass is 16.5. The first-order chi connectivity index (χ1) is 7.52. The van der Waals surface area contributed by atoms with Gasteiger partial charge in [0, 0.05) is 23.4 Å². The lowest BCUT2D eigenvalue weighted by atomic mass is 9.89. The molecule has 3 heteroatoms. The van der Waals surface area contributed by atoms with Crippen molar-refractivity contribution < 1.29 is 9.53 Å². The predicted octanol–water partition coefficient (Wildman–Crippen LogP) is 2.78. The second-order valence-corrected chi connectivity index (χ2v) is 6.79. The molecular weight excluding hydrogens is 214 g/mol. The predicted molar refractivity (Wildman–Crippen MR) is 72.2 cm³/mol. The molecule has 102 valence electrons. The van der Waals surface area contributed by atoms with Crippen LogP contribution in [0.3, 0.4) is 0 Å². The molecule has 17 heavy (non-hydrogen) atoms. The molecule has 0 aliphatic rings. The SMILES string of the molecule is CC(COCCC(=O)C(C)(C)C)NC(C)(C)C. The van der Waals surface area contributed by atoms with Gasteiger partial charge in [0.05, 0.1) is 13.2 Å². The molecule has 0 rings (SSSR count). The summed E-state index contributed by atoms with van der Waals surface area (Å²) in [6.07, 6.45) is 0.506. The van der Waals surface area contributed by atoms with Crippen molar-refractivity contribution in [1.82, 2.24) is 5.32 Å². The Morgan fingerprint density at radius 3 is 2.12 bits per heavy atom. The summed E-state index contributed by atoms with van der Waals surface area (Å²) in [6, 6.07) is 0.305. The Bertz CT molecular complexity index is 236. The van der Waals surface area contributed by atoms with Crippen molar-refractivity contribution in [1.29, 1.82) is 0 Å². The third-order valence-electron chi connectivity index (χ3n) is 2.36. The molecule has 0 aromatic heterocycles. The number of nitrogens with one attached hydrogen (secondary N) is 1. The number of rotatable bonds is 6. The molecule has 0 aliphatic carbocycles. The van der Waals surface area contributed by atoms with Crippen molar-refractivity contribution in [3.63, 3.8) is 0 Å². The molecule has 0 aromatic rings. The van der Waals surface area contributed by atoms with E-state index in [0.717, 1.165) is 0 Å². The third-order valence-corrected chi connectivity index (χ3v) is 2.36. The van der Waals surface area contributed by atoms with E-state index in [9.17, 15) is 4.79 Å². The number of ether oxygens (including phenoxy) is 1. The monoisotopic (exact) mass is 243 g/mol. The summed E-state index contributed by atoms with van der Waals surface area (Å²) in [5, 5.41) is 3.43. The summed E-state index contributed by atoms with van der Waals surface area (Å²) in [7, 11) is 0. The molecule has 0 bridgehead atoms. The number of carbonyl (C=O) groups excluding carboxylic acids is 1. The zero-order chi connectivity index (χ0) is 13.7. The fourth-order valence-corrected chi connectivity index (χ4v) is 1.58. The Morgan fingerprint density at radius 1 is 1.18 bits per heavy atom. The summed E-state index contributed by atoms with van der Waals surface area (Å²) in [6.45, 7) is 15.5. The van der Waals surface area contributed by atoms with Crippen molar-refractivity contribution >= 4 is 5.78 Å². The minimum Gasteiger partial charge on any atom is -0.379 e. The van der Waals surface area contributed by atoms with Crippen LogP contribution < -0.4 is 5.32 Å². The van der Waals surface area contributed by atoms with Crippen LogP contribution in [0.2, 0.25) is 0 Å². The van der Waals surface area contributed by atoms with Crippen LogP contribution >= 0.6 is 0 Å². The summed E-state index contributed by atoms with van der Waals surface area (Å²) in [5.74, 6) is 0.258. The van der Waals surface area contributed by atoms with Gasteiger partial charge in [-0.15, -0.1) is 0 Å². The Balaban J connectivity index is 3.69. The lowest BCUT2D eigenvalue weighted by Gasteiger charge is -2.26. The number of hydrogen-bond donors (Lipinski definition) is 1. The van der Waals surface area contributed by atoms with E-state index in [1.807, 2.05) is 20.8 Å². The van der Waals surface area contributed by atoms with Crippen molar-refractivity contribution in [3.05, 3.63) is 0 Å². The fraction of sp³-hybridized carbons (Fsp3) is 0.929. The first-order valence-electron chi connectivity index (χ1n) is 6.41. The van der Waals surface area contributed by atoms with E-state index >= 15 is 0 Å². The minimum absolute atomic E-state index is 0.101. The van der Waals surface area contributed by atoms with E-state index in [-0.39, 0.29) is 16.7 Å². The molecular formula is C14H29NO2. The molecule has 0 aromatic carbocycles. The van der Waals surface area contributed by atoms with E-state index in [1.165, 1.54) is 0 Å². The van der Waals surface area contributed by atoms with Crippen LogP contribution in [0.5, 0.6) is 0 Å². The van der Waals surface area contributed by atoms with Gasteiger partial charge in [0.25, 0.3) is 0 Å². The molecule has 0 fully saturated rings. The van der Waals surface area contributed by atoms with Gasteiger partial charge in [0.1, 0.15) is 5.78 Å². The number of ketones is 1. The van der Waals surface area contributed by atoms with Gasteiger partial charge in [-0.2, -0.15) is 0 Å². The van der Waals surface area contributed by atoms with Gasteiger partial charge in [-0.05, 0) is 27.7 Å². The van der Waals surface area contributed by atoms with Crippen LogP contribution in [0.1, 0.15) is 54.9 Å². The highest BCUT2D eigenvalue weighted by Crippen LogP contribution is 2.16. The molecule has 0 radical (unpaired) electrons. The van der Waals surface area contributed by atoms with E-state index in [0.29, 0.717) is 25.7 Å². The van der Waals surface area contributed by atoms with Crippen LogP contribution in [0, 0.1) is 5.41 Å². The summed E-state index contributed by atoms with van der Waals surface area (Å²) < 4.78 is 5.52. The van der Waals surface area contributed by atoms with Crippen molar-refractivity contribution in [2.45, 2.75) is 66.5 Å². The lowest BCUT2D eigenvalue weighted by molar-refractivity contribution is -0.127. The number of Topliss-reactive ketones (excluding diaryl/α,β-unsaturated/α-hetero) is 1. The molecule has 0 saturated heterocycles. The van der Waals surface area contributed by atoms with Gasteiger partial charge < -0.3 is 10.1 Å². The van der Waals surface area contributed by atoms with E-state index in [2.05, 4.69) is 33.0 Å². The number of hydrogen-bond acceptors (Lipinski definition) is 3. The average Bonchev–Trinajstić information content (AvgIpc) is 2.07. The van der Waals surface area contributed by atoms with E-state index in [1.54, 1.807) is 0 Å². The van der Waals surface area contributed by atoms with E-state index in [4.69, 9.17) is 4.74 Å². The summed E-state index contributed by atoms with van der Waals surface area (Å²) in [4.78, 5) is 11.6. The molecule has 0 spiro atoms. The maximum absolute atomic E-state index is 11.6. The zero-order valence-electron chi connectivity index (χ0n) is 12.5. The normalized spacial score (nSPS) is 14.8. The molecule has 0 amide bonds. The highest BCUT2D eigenvalue weighted by molar-refractivity contribution is 5.83. The lowest BCUT2D eigenvalue weighted by Crippen LogP contribution is -2.44. The second-order valence-electron chi connectivity index (χ2n) is 6.79. The summed E-state index contributed by atoms with van der Waals surface area (Å²) >= 11 is 0. The van der Waals surface area contributed by atoms with E-state index < -0.39 is 0 Å². The Kier molecular flexibility index (Phi) is 6.35. The van der Waals surface area contributed by atoms with Crippen LogP contribution in [0.15, 0.2) is 0 Å². The molecule has 0 saturated carbocycles. The topological polar surface area (TPSA) is 38.3 Å². The highest BCUT2D eigenvalue weighted by Gasteiger charge is 2.20. The molecule has 0 aliphatic heterocycles. The van der Waals surface area contributed by atoms with Crippen LogP contribution in [0.25, 0.3) is 0 Å². The van der Waals surface area contributed by atoms with Crippen LogP contribution in [-0.2, 0) is 9.53 Å². The van der Waals surface area contributed by atoms with Gasteiger partial charge in [-0.25, -0.2) is 0 Å². The maximum atomic E-state index is 11.6. The first-order valence-corrected chi connectivity index (χ1v) is 6.41. The molecule has 1 unspecified atom stereocenters. The maximum Gasteiger partial charge on any atom is 0.140 e. The average molecular weight is 243 g/mol. The van der Waals surface area contributed by atoms with Gasteiger partial charge in [0.15, 0.2) is 0 Å². The second kappa shape index (κ2) is 6.50. The smallest absolute Gasteiger partial charge is 0.140 e. The van der Waals surface area contributed by atoms with Crippen molar-refractivity contribution in [2.24, 2.45) is 5.41 Å².